The first-order valence-electron chi connectivity index (χ1n) is 8.53. The van der Waals surface area contributed by atoms with Gasteiger partial charge in [0.05, 0.1) is 11.7 Å². The van der Waals surface area contributed by atoms with Crippen LogP contribution in [0.4, 0.5) is 4.79 Å². The maximum Gasteiger partial charge on any atom is 0.315 e. The first-order chi connectivity index (χ1) is 10.6. The summed E-state index contributed by atoms with van der Waals surface area (Å²) < 4.78 is 0. The van der Waals surface area contributed by atoms with E-state index in [9.17, 15) is 4.79 Å². The molecular weight excluding hydrogens is 274 g/mol. The number of amides is 2. The number of nitrogens with one attached hydrogen (secondary N) is 2. The molecule has 122 valence electrons. The van der Waals surface area contributed by atoms with E-state index < -0.39 is 0 Å². The monoisotopic (exact) mass is 303 g/mol. The third-order valence-electron chi connectivity index (χ3n) is 4.61. The van der Waals surface area contributed by atoms with Crippen LogP contribution in [0.1, 0.15) is 63.3 Å². The second-order valence-electron chi connectivity index (χ2n) is 6.77. The van der Waals surface area contributed by atoms with Crippen LogP contribution < -0.4 is 10.6 Å². The Morgan fingerprint density at radius 3 is 2.73 bits per heavy atom. The molecule has 1 fully saturated rings. The molecule has 0 aliphatic heterocycles. The van der Waals surface area contributed by atoms with Gasteiger partial charge < -0.3 is 10.6 Å². The summed E-state index contributed by atoms with van der Waals surface area (Å²) in [5, 5.41) is 6.09. The Kier molecular flexibility index (Phi) is 6.22. The number of urea groups is 1. The smallest absolute Gasteiger partial charge is 0.315 e. The van der Waals surface area contributed by atoms with E-state index in [0.29, 0.717) is 5.92 Å². The lowest BCUT2D eigenvalue weighted by Gasteiger charge is -2.23. The average molecular weight is 303 g/mol. The Labute approximate surface area is 134 Å². The fourth-order valence-corrected chi connectivity index (χ4v) is 3.26. The highest BCUT2D eigenvalue weighted by molar-refractivity contribution is 5.74. The van der Waals surface area contributed by atoms with Gasteiger partial charge in [-0.25, -0.2) is 4.79 Å². The van der Waals surface area contributed by atoms with Crippen LogP contribution in [0.15, 0.2) is 18.3 Å². The van der Waals surface area contributed by atoms with Crippen LogP contribution >= 0.6 is 0 Å². The molecule has 1 aliphatic carbocycles. The van der Waals surface area contributed by atoms with Crippen molar-refractivity contribution in [3.63, 3.8) is 0 Å². The highest BCUT2D eigenvalue weighted by atomic mass is 16.2. The van der Waals surface area contributed by atoms with Crippen LogP contribution in [0.2, 0.25) is 0 Å². The number of aromatic nitrogens is 1. The third-order valence-corrected chi connectivity index (χ3v) is 4.61. The lowest BCUT2D eigenvalue weighted by atomic mass is 9.97. The molecule has 1 aliphatic rings. The molecule has 2 amide bonds. The van der Waals surface area contributed by atoms with Gasteiger partial charge in [0.25, 0.3) is 0 Å². The maximum atomic E-state index is 12.2. The van der Waals surface area contributed by atoms with E-state index in [1.165, 1.54) is 25.7 Å². The van der Waals surface area contributed by atoms with Crippen molar-refractivity contribution in [3.05, 3.63) is 29.6 Å². The molecule has 1 saturated carbocycles. The van der Waals surface area contributed by atoms with Gasteiger partial charge in [0.1, 0.15) is 0 Å². The quantitative estimate of drug-likeness (QED) is 0.835. The third kappa shape index (κ3) is 4.72. The van der Waals surface area contributed by atoms with Crippen molar-refractivity contribution in [2.75, 3.05) is 6.54 Å². The van der Waals surface area contributed by atoms with Gasteiger partial charge >= 0.3 is 6.03 Å². The molecule has 1 aromatic heterocycles. The van der Waals surface area contributed by atoms with E-state index in [-0.39, 0.29) is 12.1 Å². The molecule has 1 aromatic rings. The van der Waals surface area contributed by atoms with Crippen molar-refractivity contribution in [2.45, 2.75) is 58.9 Å². The summed E-state index contributed by atoms with van der Waals surface area (Å²) in [7, 11) is 0. The zero-order valence-electron chi connectivity index (χ0n) is 14.1. The number of carbonyl (C=O) groups is 1. The number of carbonyl (C=O) groups excluding carboxylic acids is 1. The molecule has 1 unspecified atom stereocenters. The van der Waals surface area contributed by atoms with Gasteiger partial charge in [0.15, 0.2) is 0 Å². The molecule has 0 spiro atoms. The number of hydrogen-bond donors (Lipinski definition) is 2. The van der Waals surface area contributed by atoms with Crippen molar-refractivity contribution in [1.82, 2.24) is 15.6 Å². The van der Waals surface area contributed by atoms with Crippen LogP contribution in [0.3, 0.4) is 0 Å². The lowest BCUT2D eigenvalue weighted by Crippen LogP contribution is -2.40. The maximum absolute atomic E-state index is 12.2. The summed E-state index contributed by atoms with van der Waals surface area (Å²) in [5.74, 6) is 1.11. The molecule has 2 N–H and O–H groups in total. The van der Waals surface area contributed by atoms with Gasteiger partial charge in [0.2, 0.25) is 0 Å². The Hall–Kier alpha value is -1.58. The Balaban J connectivity index is 1.85. The number of aryl methyl sites for hydroxylation is 1. The first kappa shape index (κ1) is 16.8. The molecule has 1 heterocycles. The lowest BCUT2D eigenvalue weighted by molar-refractivity contribution is 0.231. The Bertz CT molecular complexity index is 481. The normalized spacial score (nSPS) is 16.7. The predicted molar refractivity (Wildman–Crippen MR) is 89.7 cm³/mol. The summed E-state index contributed by atoms with van der Waals surface area (Å²) in [6.07, 6.45) is 8.24. The second kappa shape index (κ2) is 8.16. The SMILES string of the molecule is Cc1cccnc1C(NC(=O)NCCC1CCCC1)C(C)C. The van der Waals surface area contributed by atoms with E-state index in [4.69, 9.17) is 0 Å². The average Bonchev–Trinajstić information content (AvgIpc) is 2.99. The molecule has 0 aromatic carbocycles. The molecule has 0 bridgehead atoms. The fourth-order valence-electron chi connectivity index (χ4n) is 3.26. The largest absolute Gasteiger partial charge is 0.338 e. The van der Waals surface area contributed by atoms with E-state index >= 15 is 0 Å². The molecule has 0 saturated heterocycles. The molecule has 4 heteroatoms. The van der Waals surface area contributed by atoms with E-state index in [1.54, 1.807) is 6.20 Å². The summed E-state index contributed by atoms with van der Waals surface area (Å²) in [5.41, 5.74) is 2.08. The van der Waals surface area contributed by atoms with Crippen molar-refractivity contribution in [1.29, 1.82) is 0 Å². The standard InChI is InChI=1S/C18H29N3O/c1-13(2)16(17-14(3)7-6-11-19-17)21-18(22)20-12-10-15-8-4-5-9-15/h6-7,11,13,15-16H,4-5,8-10,12H2,1-3H3,(H2,20,21,22). The summed E-state index contributed by atoms with van der Waals surface area (Å²) >= 11 is 0. The Morgan fingerprint density at radius 1 is 1.36 bits per heavy atom. The highest BCUT2D eigenvalue weighted by Gasteiger charge is 2.21. The van der Waals surface area contributed by atoms with Crippen LogP contribution in [0.5, 0.6) is 0 Å². The fraction of sp³-hybridized carbons (Fsp3) is 0.667. The van der Waals surface area contributed by atoms with E-state index in [2.05, 4.69) is 29.5 Å². The van der Waals surface area contributed by atoms with Crippen LogP contribution in [0.25, 0.3) is 0 Å². The van der Waals surface area contributed by atoms with E-state index in [0.717, 1.165) is 30.1 Å². The van der Waals surface area contributed by atoms with Crippen LogP contribution in [-0.4, -0.2) is 17.6 Å². The van der Waals surface area contributed by atoms with Gasteiger partial charge in [-0.3, -0.25) is 4.98 Å². The van der Waals surface area contributed by atoms with Crippen molar-refractivity contribution >= 4 is 6.03 Å². The van der Waals surface area contributed by atoms with Crippen molar-refractivity contribution in [2.24, 2.45) is 11.8 Å². The molecule has 2 rings (SSSR count). The zero-order chi connectivity index (χ0) is 15.9. The minimum absolute atomic E-state index is 0.0484. The van der Waals surface area contributed by atoms with Crippen molar-refractivity contribution in [3.8, 4) is 0 Å². The predicted octanol–water partition coefficient (Wildman–Crippen LogP) is 3.97. The first-order valence-corrected chi connectivity index (χ1v) is 8.53. The zero-order valence-corrected chi connectivity index (χ0v) is 14.1. The number of pyridine rings is 1. The van der Waals surface area contributed by atoms with Gasteiger partial charge in [0, 0.05) is 12.7 Å². The Morgan fingerprint density at radius 2 is 2.09 bits per heavy atom. The van der Waals surface area contributed by atoms with Crippen molar-refractivity contribution < 1.29 is 4.79 Å². The van der Waals surface area contributed by atoms with Crippen LogP contribution in [-0.2, 0) is 0 Å². The summed E-state index contributed by atoms with van der Waals surface area (Å²) in [6.45, 7) is 7.02. The second-order valence-corrected chi connectivity index (χ2v) is 6.77. The minimum Gasteiger partial charge on any atom is -0.338 e. The number of hydrogen-bond acceptors (Lipinski definition) is 2. The van der Waals surface area contributed by atoms with Crippen LogP contribution in [0, 0.1) is 18.8 Å². The number of rotatable bonds is 6. The molecule has 0 radical (unpaired) electrons. The van der Waals surface area contributed by atoms with E-state index in [1.807, 2.05) is 19.1 Å². The molecule has 22 heavy (non-hydrogen) atoms. The summed E-state index contributed by atoms with van der Waals surface area (Å²) in [6, 6.07) is 3.84. The topological polar surface area (TPSA) is 54.0 Å². The van der Waals surface area contributed by atoms with Gasteiger partial charge in [-0.2, -0.15) is 0 Å². The molecule has 1 atom stereocenters. The molecular formula is C18H29N3O. The minimum atomic E-state index is -0.0817. The van der Waals surface area contributed by atoms with Gasteiger partial charge in [-0.1, -0.05) is 45.6 Å². The number of nitrogens with zero attached hydrogens (tertiary/aromatic N) is 1. The van der Waals surface area contributed by atoms with Gasteiger partial charge in [-0.15, -0.1) is 0 Å². The molecule has 4 nitrogen and oxygen atoms in total. The highest BCUT2D eigenvalue weighted by Crippen LogP contribution is 2.27. The van der Waals surface area contributed by atoms with Gasteiger partial charge in [-0.05, 0) is 36.8 Å². The summed E-state index contributed by atoms with van der Waals surface area (Å²) in [4.78, 5) is 16.6.